The van der Waals surface area contributed by atoms with Crippen molar-refractivity contribution in [3.8, 4) is 0 Å². The van der Waals surface area contributed by atoms with Gasteiger partial charge in [-0.15, -0.1) is 0 Å². The first-order valence-electron chi connectivity index (χ1n) is 3.57. The van der Waals surface area contributed by atoms with E-state index in [9.17, 15) is 0 Å². The zero-order chi connectivity index (χ0) is 6.69. The van der Waals surface area contributed by atoms with Crippen molar-refractivity contribution in [3.63, 3.8) is 0 Å². The Hall–Kier alpha value is 0.440. The molecule has 1 saturated carbocycles. The highest BCUT2D eigenvalue weighted by Crippen LogP contribution is 2.26. The molecule has 0 amide bonds. The van der Waals surface area contributed by atoms with E-state index in [4.69, 9.17) is 0 Å². The third kappa shape index (κ3) is 2.26. The molecule has 0 saturated heterocycles. The summed E-state index contributed by atoms with van der Waals surface area (Å²) in [6.45, 7) is 1.28. The smallest absolute Gasteiger partial charge is 0.0539 e. The molecule has 9 heavy (non-hydrogen) atoms. The molecular formula is C7H14BrN. The Balaban J connectivity index is 2.01. The Bertz CT molecular complexity index is 78.2. The zero-order valence-corrected chi connectivity index (χ0v) is 7.52. The van der Waals surface area contributed by atoms with Crippen LogP contribution in [0, 0.1) is 5.92 Å². The van der Waals surface area contributed by atoms with Crippen molar-refractivity contribution in [2.45, 2.75) is 19.3 Å². The summed E-state index contributed by atoms with van der Waals surface area (Å²) in [6, 6.07) is 0. The second-order valence-corrected chi connectivity index (χ2v) is 3.46. The number of halogens is 1. The van der Waals surface area contributed by atoms with Crippen molar-refractivity contribution in [1.82, 2.24) is 4.90 Å². The van der Waals surface area contributed by atoms with E-state index in [0.717, 1.165) is 11.4 Å². The fourth-order valence-electron chi connectivity index (χ4n) is 1.16. The molecule has 0 atom stereocenters. The molecule has 0 unspecified atom stereocenters. The van der Waals surface area contributed by atoms with E-state index in [1.807, 2.05) is 0 Å². The molecule has 0 aromatic heterocycles. The Kier molecular flexibility index (Phi) is 2.99. The third-order valence-electron chi connectivity index (χ3n) is 2.00. The van der Waals surface area contributed by atoms with Crippen LogP contribution in [-0.2, 0) is 0 Å². The number of alkyl halides is 1. The molecule has 0 spiro atoms. The van der Waals surface area contributed by atoms with E-state index in [0.29, 0.717) is 0 Å². The average Bonchev–Trinajstić information content (AvgIpc) is 1.78. The van der Waals surface area contributed by atoms with Crippen molar-refractivity contribution >= 4 is 15.9 Å². The van der Waals surface area contributed by atoms with Gasteiger partial charge < -0.3 is 0 Å². The highest BCUT2D eigenvalue weighted by Gasteiger charge is 2.17. The van der Waals surface area contributed by atoms with Crippen molar-refractivity contribution < 1.29 is 0 Å². The summed E-state index contributed by atoms with van der Waals surface area (Å²) in [5.41, 5.74) is 1.02. The molecule has 0 bridgehead atoms. The van der Waals surface area contributed by atoms with Gasteiger partial charge >= 0.3 is 0 Å². The monoisotopic (exact) mass is 191 g/mol. The molecule has 0 heterocycles. The summed E-state index contributed by atoms with van der Waals surface area (Å²) >= 11 is 3.42. The van der Waals surface area contributed by atoms with Crippen LogP contribution in [0.2, 0.25) is 0 Å². The normalized spacial score (nSPS) is 20.3. The maximum absolute atomic E-state index is 3.42. The van der Waals surface area contributed by atoms with Crippen LogP contribution in [0.4, 0.5) is 0 Å². The average molecular weight is 192 g/mol. The van der Waals surface area contributed by atoms with Crippen LogP contribution in [0.3, 0.4) is 0 Å². The SMILES string of the molecule is CN(CBr)CC1CCC1. The quantitative estimate of drug-likeness (QED) is 0.488. The number of hydrogen-bond acceptors (Lipinski definition) is 1. The second kappa shape index (κ2) is 3.57. The Morgan fingerprint density at radius 2 is 2.22 bits per heavy atom. The van der Waals surface area contributed by atoms with Gasteiger partial charge in [0.2, 0.25) is 0 Å². The Morgan fingerprint density at radius 1 is 1.56 bits per heavy atom. The molecule has 0 aromatic rings. The van der Waals surface area contributed by atoms with E-state index in [-0.39, 0.29) is 0 Å². The zero-order valence-electron chi connectivity index (χ0n) is 5.94. The fourth-order valence-corrected chi connectivity index (χ4v) is 1.37. The van der Waals surface area contributed by atoms with Crippen molar-refractivity contribution in [2.75, 3.05) is 19.0 Å². The van der Waals surface area contributed by atoms with E-state index in [1.54, 1.807) is 0 Å². The summed E-state index contributed by atoms with van der Waals surface area (Å²) in [4.78, 5) is 2.32. The highest BCUT2D eigenvalue weighted by atomic mass is 79.9. The summed E-state index contributed by atoms with van der Waals surface area (Å²) in [5.74, 6) is 1.01. The summed E-state index contributed by atoms with van der Waals surface area (Å²) < 4.78 is 0. The first-order chi connectivity index (χ1) is 4.33. The van der Waals surface area contributed by atoms with Crippen LogP contribution in [0.15, 0.2) is 0 Å². The number of rotatable bonds is 3. The van der Waals surface area contributed by atoms with Crippen LogP contribution in [-0.4, -0.2) is 23.9 Å². The summed E-state index contributed by atoms with van der Waals surface area (Å²) in [5, 5.41) is 0. The van der Waals surface area contributed by atoms with Gasteiger partial charge in [-0.05, 0) is 25.8 Å². The van der Waals surface area contributed by atoms with E-state index in [1.165, 1.54) is 25.8 Å². The van der Waals surface area contributed by atoms with Gasteiger partial charge in [0.15, 0.2) is 0 Å². The Labute approximate surface area is 65.6 Å². The lowest BCUT2D eigenvalue weighted by Gasteiger charge is -2.28. The van der Waals surface area contributed by atoms with Gasteiger partial charge in [-0.1, -0.05) is 22.4 Å². The standard InChI is InChI=1S/C7H14BrN/c1-9(6-8)5-7-3-2-4-7/h7H,2-6H2,1H3. The molecule has 0 aliphatic heterocycles. The van der Waals surface area contributed by atoms with E-state index in [2.05, 4.69) is 27.9 Å². The lowest BCUT2D eigenvalue weighted by molar-refractivity contribution is 0.226. The van der Waals surface area contributed by atoms with Gasteiger partial charge in [-0.2, -0.15) is 0 Å². The predicted molar refractivity (Wildman–Crippen MR) is 43.8 cm³/mol. The highest BCUT2D eigenvalue weighted by molar-refractivity contribution is 9.09. The van der Waals surface area contributed by atoms with Gasteiger partial charge in [-0.25, -0.2) is 0 Å². The molecule has 1 aliphatic rings. The topological polar surface area (TPSA) is 3.24 Å². The summed E-state index contributed by atoms with van der Waals surface area (Å²) in [6.07, 6.45) is 4.37. The molecule has 1 aliphatic carbocycles. The van der Waals surface area contributed by atoms with E-state index < -0.39 is 0 Å². The first kappa shape index (κ1) is 7.55. The van der Waals surface area contributed by atoms with Crippen LogP contribution in [0.1, 0.15) is 19.3 Å². The maximum Gasteiger partial charge on any atom is 0.0539 e. The predicted octanol–water partition coefficient (Wildman–Crippen LogP) is 2.07. The van der Waals surface area contributed by atoms with Gasteiger partial charge in [0.25, 0.3) is 0 Å². The minimum absolute atomic E-state index is 1.01. The van der Waals surface area contributed by atoms with Gasteiger partial charge in [0.1, 0.15) is 0 Å². The molecule has 0 radical (unpaired) electrons. The van der Waals surface area contributed by atoms with Crippen LogP contribution < -0.4 is 0 Å². The van der Waals surface area contributed by atoms with Crippen LogP contribution >= 0.6 is 15.9 Å². The molecule has 54 valence electrons. The van der Waals surface area contributed by atoms with E-state index >= 15 is 0 Å². The fraction of sp³-hybridized carbons (Fsp3) is 1.00. The maximum atomic E-state index is 3.42. The van der Waals surface area contributed by atoms with Crippen LogP contribution in [0.25, 0.3) is 0 Å². The molecule has 2 heteroatoms. The second-order valence-electron chi connectivity index (χ2n) is 2.96. The lowest BCUT2D eigenvalue weighted by atomic mass is 9.85. The van der Waals surface area contributed by atoms with Crippen molar-refractivity contribution in [2.24, 2.45) is 5.92 Å². The number of nitrogens with zero attached hydrogens (tertiary/aromatic N) is 1. The van der Waals surface area contributed by atoms with Gasteiger partial charge in [0.05, 0.1) is 5.45 Å². The molecule has 1 nitrogen and oxygen atoms in total. The molecule has 0 N–H and O–H groups in total. The lowest BCUT2D eigenvalue weighted by Crippen LogP contribution is -2.28. The number of hydrogen-bond donors (Lipinski definition) is 0. The molecule has 1 fully saturated rings. The molecule has 1 rings (SSSR count). The minimum Gasteiger partial charge on any atom is -0.296 e. The van der Waals surface area contributed by atoms with Gasteiger partial charge in [0, 0.05) is 6.54 Å². The largest absolute Gasteiger partial charge is 0.296 e. The Morgan fingerprint density at radius 3 is 2.56 bits per heavy atom. The third-order valence-corrected chi connectivity index (χ3v) is 2.85. The van der Waals surface area contributed by atoms with Crippen LogP contribution in [0.5, 0.6) is 0 Å². The minimum atomic E-state index is 1.01. The van der Waals surface area contributed by atoms with Crippen molar-refractivity contribution in [1.29, 1.82) is 0 Å². The first-order valence-corrected chi connectivity index (χ1v) is 4.69. The molecular weight excluding hydrogens is 178 g/mol. The van der Waals surface area contributed by atoms with Gasteiger partial charge in [-0.3, -0.25) is 4.90 Å². The summed E-state index contributed by atoms with van der Waals surface area (Å²) in [7, 11) is 2.16. The molecule has 0 aromatic carbocycles. The van der Waals surface area contributed by atoms with Crippen molar-refractivity contribution in [3.05, 3.63) is 0 Å².